The molecule has 0 saturated carbocycles. The molecule has 0 amide bonds. The van der Waals surface area contributed by atoms with E-state index < -0.39 is 0 Å². The smallest absolute Gasteiger partial charge is 0.491 e. The summed E-state index contributed by atoms with van der Waals surface area (Å²) in [7, 11) is 1.19. The first-order chi connectivity index (χ1) is 8.25. The SMILES string of the molecule is CC1COc2ccc(Cl)c3c2B(OC3)O1.CN. The largest absolute Gasteiger partial charge is 0.498 e. The topological polar surface area (TPSA) is 53.7 Å². The number of benzene rings is 1. The van der Waals surface area contributed by atoms with E-state index in [-0.39, 0.29) is 13.2 Å². The van der Waals surface area contributed by atoms with Crippen LogP contribution >= 0.6 is 11.6 Å². The third kappa shape index (κ3) is 2.28. The molecule has 0 saturated heterocycles. The molecule has 0 aliphatic carbocycles. The lowest BCUT2D eigenvalue weighted by Gasteiger charge is -2.11. The van der Waals surface area contributed by atoms with Gasteiger partial charge >= 0.3 is 7.12 Å². The molecule has 1 unspecified atom stereocenters. The van der Waals surface area contributed by atoms with E-state index in [4.69, 9.17) is 25.6 Å². The summed E-state index contributed by atoms with van der Waals surface area (Å²) in [6.45, 7) is 3.02. The maximum atomic E-state index is 6.09. The monoisotopic (exact) mass is 255 g/mol. The van der Waals surface area contributed by atoms with Crippen LogP contribution in [0.4, 0.5) is 0 Å². The Morgan fingerprint density at radius 2 is 2.18 bits per heavy atom. The van der Waals surface area contributed by atoms with Gasteiger partial charge in [-0.25, -0.2) is 0 Å². The Kier molecular flexibility index (Phi) is 3.94. The minimum atomic E-state index is -0.314. The van der Waals surface area contributed by atoms with Crippen LogP contribution in [0.1, 0.15) is 12.5 Å². The maximum Gasteiger partial charge on any atom is 0.498 e. The summed E-state index contributed by atoms with van der Waals surface area (Å²) in [4.78, 5) is 0. The van der Waals surface area contributed by atoms with E-state index >= 15 is 0 Å². The Hall–Kier alpha value is -0.745. The molecule has 1 aromatic carbocycles. The lowest BCUT2D eigenvalue weighted by atomic mass is 9.78. The van der Waals surface area contributed by atoms with Crippen LogP contribution in [0, 0.1) is 0 Å². The standard InChI is InChI=1S/C10H10BClO3.CH5N/c1-6-4-13-9-3-2-8(12)7-5-14-11(15-6)10(7)9;1-2/h2-3,6H,4-5H2,1H3;2H2,1H3. The van der Waals surface area contributed by atoms with Crippen LogP contribution in [0.2, 0.25) is 5.02 Å². The molecule has 17 heavy (non-hydrogen) atoms. The van der Waals surface area contributed by atoms with Gasteiger partial charge < -0.3 is 19.8 Å². The maximum absolute atomic E-state index is 6.09. The molecular weight excluding hydrogens is 240 g/mol. The van der Waals surface area contributed by atoms with Crippen molar-refractivity contribution in [2.45, 2.75) is 19.6 Å². The van der Waals surface area contributed by atoms with E-state index in [9.17, 15) is 0 Å². The molecule has 6 heteroatoms. The minimum Gasteiger partial charge on any atom is -0.491 e. The predicted molar refractivity (Wildman–Crippen MR) is 67.8 cm³/mol. The zero-order valence-corrected chi connectivity index (χ0v) is 10.7. The molecule has 2 aliphatic heterocycles. The van der Waals surface area contributed by atoms with Crippen LogP contribution in [0.25, 0.3) is 0 Å². The van der Waals surface area contributed by atoms with Gasteiger partial charge in [-0.1, -0.05) is 11.6 Å². The van der Waals surface area contributed by atoms with Crippen LogP contribution in [-0.2, 0) is 15.9 Å². The van der Waals surface area contributed by atoms with Crippen molar-refractivity contribution < 1.29 is 14.0 Å². The second kappa shape index (κ2) is 5.27. The molecule has 0 fully saturated rings. The number of ether oxygens (including phenoxy) is 1. The van der Waals surface area contributed by atoms with Gasteiger partial charge in [0.25, 0.3) is 0 Å². The van der Waals surface area contributed by atoms with Gasteiger partial charge in [-0.3, -0.25) is 0 Å². The van der Waals surface area contributed by atoms with Crippen LogP contribution in [-0.4, -0.2) is 26.9 Å². The van der Waals surface area contributed by atoms with Crippen LogP contribution in [0.3, 0.4) is 0 Å². The fourth-order valence-corrected chi connectivity index (χ4v) is 2.17. The zero-order chi connectivity index (χ0) is 12.4. The Morgan fingerprint density at radius 3 is 2.94 bits per heavy atom. The molecule has 0 spiro atoms. The van der Waals surface area contributed by atoms with Crippen molar-refractivity contribution in [2.75, 3.05) is 13.7 Å². The van der Waals surface area contributed by atoms with Crippen molar-refractivity contribution in [3.63, 3.8) is 0 Å². The molecule has 92 valence electrons. The normalized spacial score (nSPS) is 20.9. The summed E-state index contributed by atoms with van der Waals surface area (Å²) < 4.78 is 16.9. The molecule has 1 atom stereocenters. The van der Waals surface area contributed by atoms with E-state index in [1.54, 1.807) is 0 Å². The van der Waals surface area contributed by atoms with Crippen LogP contribution < -0.4 is 15.9 Å². The van der Waals surface area contributed by atoms with Crippen molar-refractivity contribution in [1.82, 2.24) is 0 Å². The number of hydrogen-bond donors (Lipinski definition) is 1. The van der Waals surface area contributed by atoms with Gasteiger partial charge in [0.1, 0.15) is 12.4 Å². The third-order valence-corrected chi connectivity index (χ3v) is 3.06. The lowest BCUT2D eigenvalue weighted by Crippen LogP contribution is -2.34. The van der Waals surface area contributed by atoms with E-state index in [2.05, 4.69) is 5.73 Å². The quantitative estimate of drug-likeness (QED) is 0.701. The molecule has 2 aliphatic rings. The summed E-state index contributed by atoms with van der Waals surface area (Å²) in [5, 5.41) is 0.720. The van der Waals surface area contributed by atoms with Gasteiger partial charge in [0.2, 0.25) is 0 Å². The fraction of sp³-hybridized carbons (Fsp3) is 0.455. The summed E-state index contributed by atoms with van der Waals surface area (Å²) in [5.41, 5.74) is 6.46. The van der Waals surface area contributed by atoms with E-state index in [0.29, 0.717) is 13.2 Å². The average molecular weight is 256 g/mol. The van der Waals surface area contributed by atoms with E-state index in [1.165, 1.54) is 7.05 Å². The van der Waals surface area contributed by atoms with Crippen molar-refractivity contribution in [3.8, 4) is 5.75 Å². The molecule has 0 bridgehead atoms. The van der Waals surface area contributed by atoms with E-state index in [0.717, 1.165) is 21.8 Å². The molecule has 2 heterocycles. The summed E-state index contributed by atoms with van der Waals surface area (Å²) in [6, 6.07) is 3.72. The van der Waals surface area contributed by atoms with E-state index in [1.807, 2.05) is 19.1 Å². The zero-order valence-electron chi connectivity index (χ0n) is 9.90. The van der Waals surface area contributed by atoms with Crippen molar-refractivity contribution in [1.29, 1.82) is 0 Å². The molecule has 4 nitrogen and oxygen atoms in total. The van der Waals surface area contributed by atoms with Gasteiger partial charge in [-0.15, -0.1) is 0 Å². The molecule has 1 aromatic rings. The minimum absolute atomic E-state index is 0.0344. The van der Waals surface area contributed by atoms with Gasteiger partial charge in [0.05, 0.1) is 12.7 Å². The Labute approximate surface area is 106 Å². The lowest BCUT2D eigenvalue weighted by molar-refractivity contribution is 0.118. The molecule has 2 N–H and O–H groups in total. The van der Waals surface area contributed by atoms with Crippen molar-refractivity contribution in [2.24, 2.45) is 5.73 Å². The summed E-state index contributed by atoms with van der Waals surface area (Å²) in [6.07, 6.45) is 0.0344. The highest BCUT2D eigenvalue weighted by atomic mass is 35.5. The van der Waals surface area contributed by atoms with Gasteiger partial charge in [0, 0.05) is 10.5 Å². The molecular formula is C11H15BClNO3. The predicted octanol–water partition coefficient (Wildman–Crippen LogP) is 0.938. The molecule has 3 rings (SSSR count). The Bertz CT molecular complexity index is 416. The summed E-state index contributed by atoms with van der Waals surface area (Å²) >= 11 is 6.09. The van der Waals surface area contributed by atoms with Crippen LogP contribution in [0.5, 0.6) is 5.75 Å². The molecule has 0 aromatic heterocycles. The first-order valence-electron chi connectivity index (χ1n) is 5.54. The highest BCUT2D eigenvalue weighted by molar-refractivity contribution is 6.64. The summed E-state index contributed by atoms with van der Waals surface area (Å²) in [5.74, 6) is 0.834. The fourth-order valence-electron chi connectivity index (χ4n) is 1.95. The number of rotatable bonds is 0. The average Bonchev–Trinajstić information content (AvgIpc) is 2.69. The second-order valence-corrected chi connectivity index (χ2v) is 4.25. The first kappa shape index (κ1) is 12.7. The third-order valence-electron chi connectivity index (χ3n) is 2.70. The first-order valence-corrected chi connectivity index (χ1v) is 5.92. The van der Waals surface area contributed by atoms with Gasteiger partial charge in [-0.05, 0) is 31.7 Å². The van der Waals surface area contributed by atoms with Crippen molar-refractivity contribution in [3.05, 3.63) is 22.7 Å². The van der Waals surface area contributed by atoms with Gasteiger partial charge in [-0.2, -0.15) is 0 Å². The number of halogens is 1. The van der Waals surface area contributed by atoms with Crippen molar-refractivity contribution >= 4 is 24.2 Å². The number of hydrogen-bond acceptors (Lipinski definition) is 4. The Morgan fingerprint density at radius 1 is 1.41 bits per heavy atom. The number of nitrogens with two attached hydrogens (primary N) is 1. The highest BCUT2D eigenvalue weighted by Gasteiger charge is 2.38. The second-order valence-electron chi connectivity index (χ2n) is 3.84. The molecule has 0 radical (unpaired) electrons. The van der Waals surface area contributed by atoms with Crippen LogP contribution in [0.15, 0.2) is 12.1 Å². The highest BCUT2D eigenvalue weighted by Crippen LogP contribution is 2.28. The Balaban J connectivity index is 0.000000514. The van der Waals surface area contributed by atoms with Gasteiger partial charge in [0.15, 0.2) is 0 Å².